The molecule has 0 aliphatic carbocycles. The maximum Gasteiger partial charge on any atom is 0.0603 e. The van der Waals surface area contributed by atoms with Gasteiger partial charge in [0.2, 0.25) is 0 Å². The molecule has 0 aromatic heterocycles. The first-order valence-corrected chi connectivity index (χ1v) is 6.78. The summed E-state index contributed by atoms with van der Waals surface area (Å²) >= 11 is 0. The first-order valence-electron chi connectivity index (χ1n) is 4.67. The van der Waals surface area contributed by atoms with Gasteiger partial charge in [0, 0.05) is 18.0 Å². The number of hydrogen-bond donors (Lipinski definition) is 0. The quantitative estimate of drug-likeness (QED) is 0.581. The zero-order valence-corrected chi connectivity index (χ0v) is 9.52. The molecule has 2 rings (SSSR count). The summed E-state index contributed by atoms with van der Waals surface area (Å²) in [6.07, 6.45) is 0. The summed E-state index contributed by atoms with van der Waals surface area (Å²) < 4.78 is 7.64. The van der Waals surface area contributed by atoms with Crippen LogP contribution in [0.2, 0.25) is 0 Å². The van der Waals surface area contributed by atoms with Crippen LogP contribution < -0.4 is 0 Å². The fourth-order valence-electron chi connectivity index (χ4n) is 1.19. The van der Waals surface area contributed by atoms with Crippen LogP contribution in [0.4, 0.5) is 0 Å². The molecule has 0 saturated carbocycles. The van der Waals surface area contributed by atoms with E-state index in [1.807, 2.05) is 27.8 Å². The highest BCUT2D eigenvalue weighted by molar-refractivity contribution is 8.75. The minimum Gasteiger partial charge on any atom is -0.379 e. The molecule has 0 bridgehead atoms. The van der Waals surface area contributed by atoms with E-state index in [2.05, 4.69) is 28.6 Å². The molecule has 1 fully saturated rings. The van der Waals surface area contributed by atoms with Gasteiger partial charge < -0.3 is 4.74 Å². The zero-order valence-electron chi connectivity index (χ0n) is 7.89. The summed E-state index contributed by atoms with van der Waals surface area (Å²) in [5.41, 5.74) is 0. The van der Waals surface area contributed by atoms with Crippen molar-refractivity contribution in [1.29, 1.82) is 0 Å². The van der Waals surface area contributed by atoms with E-state index in [9.17, 15) is 0 Å². The third kappa shape index (κ3) is 3.20. The molecule has 0 amide bonds. The predicted octanol–water partition coefficient (Wildman–Crippen LogP) is 2.67. The molecular weight excluding hydrogens is 214 g/mol. The normalized spacial score (nSPS) is 18.3. The molecule has 1 aliphatic rings. The molecule has 1 saturated heterocycles. The number of rotatable bonds is 3. The Bertz CT molecular complexity index is 262. The first kappa shape index (κ1) is 10.4. The Hall–Kier alpha value is -0.160. The van der Waals surface area contributed by atoms with Crippen LogP contribution in [0.5, 0.6) is 0 Å². The standard InChI is InChI=1S/C10H13NOS2/c1-2-4-10(5-3-1)13-14-11-6-8-12-9-7-11/h1-5H,6-9H2. The third-order valence-electron chi connectivity index (χ3n) is 1.95. The van der Waals surface area contributed by atoms with Gasteiger partial charge in [-0.2, -0.15) is 0 Å². The topological polar surface area (TPSA) is 12.5 Å². The Morgan fingerprint density at radius 1 is 1.07 bits per heavy atom. The smallest absolute Gasteiger partial charge is 0.0603 e. The first-order chi connectivity index (χ1) is 6.95. The molecule has 0 radical (unpaired) electrons. The van der Waals surface area contributed by atoms with Gasteiger partial charge in [-0.3, -0.25) is 0 Å². The van der Waals surface area contributed by atoms with Crippen molar-refractivity contribution in [2.45, 2.75) is 4.90 Å². The largest absolute Gasteiger partial charge is 0.379 e. The van der Waals surface area contributed by atoms with Gasteiger partial charge in [-0.05, 0) is 33.9 Å². The van der Waals surface area contributed by atoms with Crippen molar-refractivity contribution < 1.29 is 4.74 Å². The van der Waals surface area contributed by atoms with Crippen molar-refractivity contribution in [3.63, 3.8) is 0 Å². The number of ether oxygens (including phenoxy) is 1. The van der Waals surface area contributed by atoms with Crippen molar-refractivity contribution in [3.05, 3.63) is 30.3 Å². The summed E-state index contributed by atoms with van der Waals surface area (Å²) in [5, 5.41) is 0. The molecule has 0 atom stereocenters. The molecule has 1 aromatic rings. The van der Waals surface area contributed by atoms with Gasteiger partial charge in [0.05, 0.1) is 13.2 Å². The molecule has 1 heterocycles. The minimum absolute atomic E-state index is 0.863. The summed E-state index contributed by atoms with van der Waals surface area (Å²) in [5.74, 6) is 0. The van der Waals surface area contributed by atoms with Crippen LogP contribution in [-0.4, -0.2) is 30.6 Å². The number of benzene rings is 1. The van der Waals surface area contributed by atoms with Gasteiger partial charge in [-0.25, -0.2) is 4.31 Å². The highest BCUT2D eigenvalue weighted by Crippen LogP contribution is 2.33. The molecule has 2 nitrogen and oxygen atoms in total. The van der Waals surface area contributed by atoms with Crippen LogP contribution in [0.1, 0.15) is 0 Å². The second-order valence-electron chi connectivity index (χ2n) is 3.01. The van der Waals surface area contributed by atoms with Gasteiger partial charge in [-0.15, -0.1) is 0 Å². The van der Waals surface area contributed by atoms with E-state index >= 15 is 0 Å². The van der Waals surface area contributed by atoms with Crippen molar-refractivity contribution in [2.75, 3.05) is 26.3 Å². The highest BCUT2D eigenvalue weighted by Gasteiger charge is 2.10. The van der Waals surface area contributed by atoms with Crippen LogP contribution in [-0.2, 0) is 4.74 Å². The highest BCUT2D eigenvalue weighted by atomic mass is 33.1. The van der Waals surface area contributed by atoms with E-state index in [4.69, 9.17) is 4.74 Å². The number of nitrogens with zero attached hydrogens (tertiary/aromatic N) is 1. The second kappa shape index (κ2) is 5.66. The van der Waals surface area contributed by atoms with Crippen LogP contribution in [0.3, 0.4) is 0 Å². The van der Waals surface area contributed by atoms with Gasteiger partial charge in [0.1, 0.15) is 0 Å². The Morgan fingerprint density at radius 3 is 2.50 bits per heavy atom. The number of hydrogen-bond acceptors (Lipinski definition) is 4. The fraction of sp³-hybridized carbons (Fsp3) is 0.400. The van der Waals surface area contributed by atoms with Crippen LogP contribution in [0, 0.1) is 0 Å². The van der Waals surface area contributed by atoms with Crippen molar-refractivity contribution in [2.24, 2.45) is 0 Å². The second-order valence-corrected chi connectivity index (χ2v) is 5.26. The summed E-state index contributed by atoms with van der Waals surface area (Å²) in [4.78, 5) is 1.31. The van der Waals surface area contributed by atoms with Crippen LogP contribution in [0.15, 0.2) is 35.2 Å². The number of morpholine rings is 1. The monoisotopic (exact) mass is 227 g/mol. The predicted molar refractivity (Wildman–Crippen MR) is 62.3 cm³/mol. The molecule has 1 aliphatic heterocycles. The molecule has 0 spiro atoms. The Kier molecular flexibility index (Phi) is 4.19. The summed E-state index contributed by atoms with van der Waals surface area (Å²) in [6, 6.07) is 10.5. The van der Waals surface area contributed by atoms with Gasteiger partial charge >= 0.3 is 0 Å². The minimum atomic E-state index is 0.863. The van der Waals surface area contributed by atoms with E-state index in [0.29, 0.717) is 0 Å². The Morgan fingerprint density at radius 2 is 1.79 bits per heavy atom. The molecule has 1 aromatic carbocycles. The van der Waals surface area contributed by atoms with E-state index in [0.717, 1.165) is 26.3 Å². The lowest BCUT2D eigenvalue weighted by atomic mass is 10.4. The molecule has 0 unspecified atom stereocenters. The van der Waals surface area contributed by atoms with E-state index < -0.39 is 0 Å². The van der Waals surface area contributed by atoms with E-state index in [-0.39, 0.29) is 0 Å². The average molecular weight is 227 g/mol. The molecule has 0 N–H and O–H groups in total. The zero-order chi connectivity index (χ0) is 9.64. The molecular formula is C10H13NOS2. The molecule has 4 heteroatoms. The van der Waals surface area contributed by atoms with Gasteiger partial charge in [0.15, 0.2) is 0 Å². The van der Waals surface area contributed by atoms with E-state index in [1.54, 1.807) is 0 Å². The fourth-order valence-corrected chi connectivity index (χ4v) is 3.31. The van der Waals surface area contributed by atoms with Crippen LogP contribution in [0.25, 0.3) is 0 Å². The average Bonchev–Trinajstić information content (AvgIpc) is 2.29. The third-order valence-corrected chi connectivity index (χ3v) is 4.50. The van der Waals surface area contributed by atoms with Gasteiger partial charge in [-0.1, -0.05) is 18.2 Å². The summed E-state index contributed by atoms with van der Waals surface area (Å²) in [6.45, 7) is 3.79. The van der Waals surface area contributed by atoms with Crippen molar-refractivity contribution >= 4 is 21.8 Å². The van der Waals surface area contributed by atoms with Crippen LogP contribution >= 0.6 is 21.8 Å². The lowest BCUT2D eigenvalue weighted by Crippen LogP contribution is -2.30. The Labute approximate surface area is 92.5 Å². The Balaban J connectivity index is 1.76. The lowest BCUT2D eigenvalue weighted by molar-refractivity contribution is 0.0779. The SMILES string of the molecule is c1ccc(SSN2CCOCC2)cc1. The molecule has 14 heavy (non-hydrogen) atoms. The van der Waals surface area contributed by atoms with Crippen molar-refractivity contribution in [1.82, 2.24) is 4.31 Å². The van der Waals surface area contributed by atoms with Crippen molar-refractivity contribution in [3.8, 4) is 0 Å². The lowest BCUT2D eigenvalue weighted by Gasteiger charge is -2.24. The van der Waals surface area contributed by atoms with Gasteiger partial charge in [0.25, 0.3) is 0 Å². The van der Waals surface area contributed by atoms with E-state index in [1.165, 1.54) is 4.90 Å². The molecule has 76 valence electrons. The maximum atomic E-state index is 5.29. The summed E-state index contributed by atoms with van der Waals surface area (Å²) in [7, 11) is 3.63. The maximum absolute atomic E-state index is 5.29.